The molecule has 0 N–H and O–H groups in total. The third kappa shape index (κ3) is 3.10. The minimum atomic E-state index is -0.662. The average Bonchev–Trinajstić information content (AvgIpc) is 3.10. The molecule has 30 heavy (non-hydrogen) atoms. The van der Waals surface area contributed by atoms with Crippen molar-refractivity contribution in [3.05, 3.63) is 23.7 Å². The Morgan fingerprint density at radius 2 is 1.77 bits per heavy atom. The van der Waals surface area contributed by atoms with Gasteiger partial charge in [0, 0.05) is 43.6 Å². The van der Waals surface area contributed by atoms with Crippen LogP contribution in [0.25, 0.3) is 0 Å². The van der Waals surface area contributed by atoms with E-state index < -0.39 is 24.1 Å². The highest BCUT2D eigenvalue weighted by Crippen LogP contribution is 2.65. The Balaban J connectivity index is 1.92. The van der Waals surface area contributed by atoms with E-state index in [4.69, 9.17) is 13.9 Å². The number of aldehydes is 1. The molecule has 2 fully saturated rings. The summed E-state index contributed by atoms with van der Waals surface area (Å²) in [5.41, 5.74) is 0.591. The molecule has 3 aliphatic carbocycles. The lowest BCUT2D eigenvalue weighted by molar-refractivity contribution is -0.236. The van der Waals surface area contributed by atoms with Crippen molar-refractivity contribution < 1.29 is 28.3 Å². The topological polar surface area (TPSA) is 82.8 Å². The minimum Gasteiger partial charge on any atom is -0.469 e. The zero-order valence-electron chi connectivity index (χ0n) is 18.5. The summed E-state index contributed by atoms with van der Waals surface area (Å²) < 4.78 is 17.6. The first-order chi connectivity index (χ1) is 14.1. The van der Waals surface area contributed by atoms with Crippen LogP contribution in [0.5, 0.6) is 0 Å². The summed E-state index contributed by atoms with van der Waals surface area (Å²) in [5.74, 6) is -0.565. The van der Waals surface area contributed by atoms with Gasteiger partial charge in [-0.1, -0.05) is 27.2 Å². The van der Waals surface area contributed by atoms with Gasteiger partial charge in [-0.2, -0.15) is 0 Å². The van der Waals surface area contributed by atoms with Gasteiger partial charge in [-0.3, -0.25) is 9.59 Å². The van der Waals surface area contributed by atoms with Gasteiger partial charge < -0.3 is 18.7 Å². The molecule has 2 saturated carbocycles. The maximum absolute atomic E-state index is 12.3. The van der Waals surface area contributed by atoms with Crippen molar-refractivity contribution in [3.63, 3.8) is 0 Å². The van der Waals surface area contributed by atoms with Crippen molar-refractivity contribution in [1.82, 2.24) is 0 Å². The van der Waals surface area contributed by atoms with E-state index in [1.807, 2.05) is 6.07 Å². The zero-order chi connectivity index (χ0) is 21.8. The second-order valence-electron chi connectivity index (χ2n) is 10.3. The first kappa shape index (κ1) is 21.1. The molecule has 3 aliphatic rings. The number of carbonyl (C=O) groups is 3. The van der Waals surface area contributed by atoms with Gasteiger partial charge in [-0.25, -0.2) is 0 Å². The van der Waals surface area contributed by atoms with E-state index in [1.54, 1.807) is 6.26 Å². The van der Waals surface area contributed by atoms with E-state index in [-0.39, 0.29) is 34.6 Å². The molecule has 0 amide bonds. The average molecular weight is 417 g/mol. The number of carbonyl (C=O) groups excluding carboxylic acids is 3. The van der Waals surface area contributed by atoms with Gasteiger partial charge in [0.05, 0.1) is 6.26 Å². The van der Waals surface area contributed by atoms with Crippen LogP contribution in [0.3, 0.4) is 0 Å². The fraction of sp³-hybridized carbons (Fsp3) is 0.708. The smallest absolute Gasteiger partial charge is 0.303 e. The minimum absolute atomic E-state index is 0.0112. The molecule has 0 unspecified atom stereocenters. The maximum atomic E-state index is 12.3. The van der Waals surface area contributed by atoms with Crippen LogP contribution in [0.2, 0.25) is 0 Å². The van der Waals surface area contributed by atoms with E-state index in [9.17, 15) is 14.4 Å². The van der Waals surface area contributed by atoms with Crippen LogP contribution >= 0.6 is 0 Å². The third-order valence-electron chi connectivity index (χ3n) is 8.14. The Morgan fingerprint density at radius 3 is 2.40 bits per heavy atom. The van der Waals surface area contributed by atoms with E-state index >= 15 is 0 Å². The SMILES string of the molecule is CC(=O)O[C@@H]1[C@@H](OC(C)=O)[C@@H]2C(C)(C)CCC[C@]2(C)[C@H]2Cc3occc3[C@H](C=O)[C@H]12. The van der Waals surface area contributed by atoms with Crippen LogP contribution in [0.4, 0.5) is 0 Å². The van der Waals surface area contributed by atoms with Crippen LogP contribution in [0, 0.1) is 28.6 Å². The van der Waals surface area contributed by atoms with E-state index in [0.717, 1.165) is 36.9 Å². The third-order valence-corrected chi connectivity index (χ3v) is 8.14. The highest BCUT2D eigenvalue weighted by molar-refractivity contribution is 5.69. The lowest BCUT2D eigenvalue weighted by Gasteiger charge is -2.64. The van der Waals surface area contributed by atoms with E-state index in [0.29, 0.717) is 6.42 Å². The summed E-state index contributed by atoms with van der Waals surface area (Å²) in [6.45, 7) is 9.48. The highest BCUT2D eigenvalue weighted by atomic mass is 16.6. The Morgan fingerprint density at radius 1 is 1.10 bits per heavy atom. The molecule has 0 radical (unpaired) electrons. The molecule has 0 spiro atoms. The van der Waals surface area contributed by atoms with Crippen LogP contribution in [0.15, 0.2) is 16.7 Å². The number of fused-ring (bicyclic) bond motifs is 4. The number of ether oxygens (including phenoxy) is 2. The molecule has 0 aliphatic heterocycles. The molecule has 6 nitrogen and oxygen atoms in total. The summed E-state index contributed by atoms with van der Waals surface area (Å²) in [6.07, 6.45) is 5.11. The molecular weight excluding hydrogens is 384 g/mol. The van der Waals surface area contributed by atoms with Crippen LogP contribution < -0.4 is 0 Å². The Hall–Kier alpha value is -2.11. The lowest BCUT2D eigenvalue weighted by Crippen LogP contribution is -2.66. The number of hydrogen-bond donors (Lipinski definition) is 0. The summed E-state index contributed by atoms with van der Waals surface area (Å²) in [4.78, 5) is 36.6. The lowest BCUT2D eigenvalue weighted by atomic mass is 9.42. The second kappa shape index (κ2) is 7.24. The summed E-state index contributed by atoms with van der Waals surface area (Å²) in [5, 5.41) is 0. The van der Waals surface area contributed by atoms with E-state index in [1.165, 1.54) is 13.8 Å². The highest BCUT2D eigenvalue weighted by Gasteiger charge is 2.66. The van der Waals surface area contributed by atoms with Gasteiger partial charge in [-0.05, 0) is 35.7 Å². The summed E-state index contributed by atoms with van der Waals surface area (Å²) >= 11 is 0. The molecule has 0 bridgehead atoms. The normalized spacial score (nSPS) is 39.1. The Kier molecular flexibility index (Phi) is 5.10. The summed E-state index contributed by atoms with van der Waals surface area (Å²) in [7, 11) is 0. The van der Waals surface area contributed by atoms with Crippen molar-refractivity contribution in [1.29, 1.82) is 0 Å². The first-order valence-electron chi connectivity index (χ1n) is 11.0. The largest absolute Gasteiger partial charge is 0.469 e. The number of esters is 2. The number of furan rings is 1. The quantitative estimate of drug-likeness (QED) is 0.546. The predicted octanol–water partition coefficient (Wildman–Crippen LogP) is 4.06. The molecule has 0 saturated heterocycles. The van der Waals surface area contributed by atoms with Gasteiger partial charge in [0.2, 0.25) is 0 Å². The first-order valence-corrected chi connectivity index (χ1v) is 11.0. The Labute approximate surface area is 177 Å². The maximum Gasteiger partial charge on any atom is 0.303 e. The predicted molar refractivity (Wildman–Crippen MR) is 109 cm³/mol. The van der Waals surface area contributed by atoms with Crippen molar-refractivity contribution in [2.75, 3.05) is 0 Å². The van der Waals surface area contributed by atoms with Gasteiger partial charge in [0.15, 0.2) is 0 Å². The molecule has 1 aromatic heterocycles. The fourth-order valence-electron chi connectivity index (χ4n) is 7.31. The Bertz CT molecular complexity index is 854. The zero-order valence-corrected chi connectivity index (χ0v) is 18.5. The molecule has 0 aromatic carbocycles. The van der Waals surface area contributed by atoms with Crippen molar-refractivity contribution in [3.8, 4) is 0 Å². The van der Waals surface area contributed by atoms with Crippen LogP contribution in [-0.2, 0) is 30.3 Å². The van der Waals surface area contributed by atoms with Gasteiger partial charge >= 0.3 is 11.9 Å². The summed E-state index contributed by atoms with van der Waals surface area (Å²) in [6, 6.07) is 1.84. The molecular formula is C24H32O6. The molecule has 1 aromatic rings. The molecule has 6 heteroatoms. The van der Waals surface area contributed by atoms with Crippen LogP contribution in [0.1, 0.15) is 71.1 Å². The van der Waals surface area contributed by atoms with Gasteiger partial charge in [0.25, 0.3) is 0 Å². The number of rotatable bonds is 3. The second-order valence-corrected chi connectivity index (χ2v) is 10.3. The van der Waals surface area contributed by atoms with Gasteiger partial charge in [-0.15, -0.1) is 0 Å². The van der Waals surface area contributed by atoms with Gasteiger partial charge in [0.1, 0.15) is 24.3 Å². The monoisotopic (exact) mass is 416 g/mol. The standard InChI is InChI=1S/C24H32O6/c1-13(26)29-20-19-16(12-25)15-7-10-28-18(15)11-17(19)24(5)9-6-8-23(3,4)22(24)21(20)30-14(2)27/h7,10,12,16-17,19-22H,6,8-9,11H2,1-5H3/t16-,17-,19-,20-,21+,22+,24+/m0/s1. The van der Waals surface area contributed by atoms with E-state index in [2.05, 4.69) is 20.8 Å². The molecule has 164 valence electrons. The van der Waals surface area contributed by atoms with Crippen molar-refractivity contribution in [2.24, 2.45) is 28.6 Å². The molecule has 1 heterocycles. The number of hydrogen-bond acceptors (Lipinski definition) is 6. The van der Waals surface area contributed by atoms with Crippen molar-refractivity contribution in [2.45, 2.75) is 78.4 Å². The molecule has 7 atom stereocenters. The van der Waals surface area contributed by atoms with Crippen molar-refractivity contribution >= 4 is 18.2 Å². The fourth-order valence-corrected chi connectivity index (χ4v) is 7.31. The molecule has 4 rings (SSSR count). The van der Waals surface area contributed by atoms with Crippen LogP contribution in [-0.4, -0.2) is 30.4 Å².